The van der Waals surface area contributed by atoms with E-state index >= 15 is 0 Å². The highest BCUT2D eigenvalue weighted by atomic mass is 15.3. The van der Waals surface area contributed by atoms with Crippen molar-refractivity contribution in [3.05, 3.63) is 24.2 Å². The van der Waals surface area contributed by atoms with Gasteiger partial charge < -0.3 is 4.57 Å². The van der Waals surface area contributed by atoms with E-state index in [2.05, 4.69) is 30.0 Å². The third-order valence-corrected chi connectivity index (χ3v) is 3.78. The maximum atomic E-state index is 4.70. The summed E-state index contributed by atoms with van der Waals surface area (Å²) in [6.45, 7) is 3.19. The molecule has 0 aliphatic heterocycles. The van der Waals surface area contributed by atoms with Crippen molar-refractivity contribution in [3.63, 3.8) is 0 Å². The number of aryl methyl sites for hydroxylation is 1. The van der Waals surface area contributed by atoms with Crippen LogP contribution in [0.4, 0.5) is 0 Å². The number of nitrogens with zero attached hydrogens (tertiary/aromatic N) is 3. The highest BCUT2D eigenvalue weighted by molar-refractivity contribution is 5.42. The predicted molar refractivity (Wildman–Crippen MR) is 64.7 cm³/mol. The topological polar surface area (TPSA) is 22.2 Å². The first-order valence-electron chi connectivity index (χ1n) is 6.43. The van der Waals surface area contributed by atoms with Crippen LogP contribution in [0.5, 0.6) is 0 Å². The highest BCUT2D eigenvalue weighted by Crippen LogP contribution is 2.32. The van der Waals surface area contributed by atoms with E-state index in [9.17, 15) is 0 Å². The summed E-state index contributed by atoms with van der Waals surface area (Å²) in [5.74, 6) is 0.707. The normalized spacial score (nSPS) is 18.3. The van der Waals surface area contributed by atoms with Gasteiger partial charge in [-0.3, -0.25) is 0 Å². The fourth-order valence-electron chi connectivity index (χ4n) is 2.81. The molecule has 2 aromatic heterocycles. The molecule has 1 saturated carbocycles. The van der Waals surface area contributed by atoms with Crippen molar-refractivity contribution in [1.29, 1.82) is 0 Å². The molecule has 0 radical (unpaired) electrons. The molecule has 2 heterocycles. The van der Waals surface area contributed by atoms with E-state index in [1.165, 1.54) is 43.4 Å². The van der Waals surface area contributed by atoms with E-state index in [1.54, 1.807) is 0 Å². The van der Waals surface area contributed by atoms with Gasteiger partial charge in [0, 0.05) is 30.9 Å². The summed E-state index contributed by atoms with van der Waals surface area (Å²) in [4.78, 5) is 0. The zero-order valence-electron chi connectivity index (χ0n) is 9.89. The lowest BCUT2D eigenvalue weighted by Gasteiger charge is -2.19. The Morgan fingerprint density at radius 3 is 2.81 bits per heavy atom. The van der Waals surface area contributed by atoms with E-state index in [0.29, 0.717) is 5.92 Å². The molecule has 3 rings (SSSR count). The fraction of sp³-hybridized carbons (Fsp3) is 0.615. The number of hydrogen-bond donors (Lipinski definition) is 0. The Morgan fingerprint density at radius 1 is 1.25 bits per heavy atom. The Morgan fingerprint density at radius 2 is 2.06 bits per heavy atom. The Hall–Kier alpha value is -1.25. The molecule has 86 valence electrons. The summed E-state index contributed by atoms with van der Waals surface area (Å²) >= 11 is 0. The summed E-state index contributed by atoms with van der Waals surface area (Å²) in [7, 11) is 0. The second-order valence-electron chi connectivity index (χ2n) is 4.79. The first kappa shape index (κ1) is 9.94. The van der Waals surface area contributed by atoms with E-state index < -0.39 is 0 Å². The smallest absolute Gasteiger partial charge is 0.135 e. The minimum atomic E-state index is 0.707. The number of rotatable bonds is 2. The zero-order valence-corrected chi connectivity index (χ0v) is 9.89. The monoisotopic (exact) mass is 217 g/mol. The summed E-state index contributed by atoms with van der Waals surface area (Å²) in [5.41, 5.74) is 2.54. The Balaban J connectivity index is 1.94. The second kappa shape index (κ2) is 3.96. The molecule has 0 atom stereocenters. The SMILES string of the molecule is CCn1ccn2nc(C3CCCCC3)cc12. The second-order valence-corrected chi connectivity index (χ2v) is 4.79. The van der Waals surface area contributed by atoms with Crippen LogP contribution in [0.3, 0.4) is 0 Å². The summed E-state index contributed by atoms with van der Waals surface area (Å²) < 4.78 is 4.27. The molecule has 1 aliphatic rings. The van der Waals surface area contributed by atoms with Gasteiger partial charge in [0.25, 0.3) is 0 Å². The largest absolute Gasteiger partial charge is 0.332 e. The van der Waals surface area contributed by atoms with Crippen LogP contribution >= 0.6 is 0 Å². The van der Waals surface area contributed by atoms with Gasteiger partial charge in [0.05, 0.1) is 5.69 Å². The minimum Gasteiger partial charge on any atom is -0.332 e. The minimum absolute atomic E-state index is 0.707. The fourth-order valence-corrected chi connectivity index (χ4v) is 2.81. The molecule has 1 fully saturated rings. The first-order valence-corrected chi connectivity index (χ1v) is 6.43. The van der Waals surface area contributed by atoms with Crippen molar-refractivity contribution < 1.29 is 0 Å². The summed E-state index contributed by atoms with van der Waals surface area (Å²) in [6.07, 6.45) is 11.0. The zero-order chi connectivity index (χ0) is 11.0. The van der Waals surface area contributed by atoms with Crippen LogP contribution in [-0.4, -0.2) is 14.2 Å². The van der Waals surface area contributed by atoms with Crippen molar-refractivity contribution in [3.8, 4) is 0 Å². The molecule has 3 heteroatoms. The average molecular weight is 217 g/mol. The van der Waals surface area contributed by atoms with Crippen LogP contribution in [0.1, 0.15) is 50.6 Å². The van der Waals surface area contributed by atoms with E-state index in [0.717, 1.165) is 6.54 Å². The number of imidazole rings is 1. The molecule has 2 aromatic rings. The molecule has 0 unspecified atom stereocenters. The lowest BCUT2D eigenvalue weighted by molar-refractivity contribution is 0.435. The van der Waals surface area contributed by atoms with Gasteiger partial charge in [-0.05, 0) is 19.8 Å². The molecule has 0 bridgehead atoms. The third-order valence-electron chi connectivity index (χ3n) is 3.78. The molecule has 0 amide bonds. The van der Waals surface area contributed by atoms with Gasteiger partial charge in [-0.2, -0.15) is 5.10 Å². The van der Waals surface area contributed by atoms with Crippen LogP contribution in [0.15, 0.2) is 18.5 Å². The lowest BCUT2D eigenvalue weighted by atomic mass is 9.87. The quantitative estimate of drug-likeness (QED) is 0.757. The lowest BCUT2D eigenvalue weighted by Crippen LogP contribution is -2.05. The van der Waals surface area contributed by atoms with Gasteiger partial charge in [0.1, 0.15) is 5.65 Å². The maximum Gasteiger partial charge on any atom is 0.135 e. The number of hydrogen-bond acceptors (Lipinski definition) is 1. The Bertz CT molecular complexity index is 474. The van der Waals surface area contributed by atoms with Crippen molar-refractivity contribution in [2.24, 2.45) is 0 Å². The van der Waals surface area contributed by atoms with E-state index in [1.807, 2.05) is 4.52 Å². The van der Waals surface area contributed by atoms with Gasteiger partial charge >= 0.3 is 0 Å². The Kier molecular flexibility index (Phi) is 2.46. The number of fused-ring (bicyclic) bond motifs is 1. The summed E-state index contributed by atoms with van der Waals surface area (Å²) in [6, 6.07) is 2.28. The van der Waals surface area contributed by atoms with Gasteiger partial charge in [0.2, 0.25) is 0 Å². The standard InChI is InChI=1S/C13H19N3/c1-2-15-8-9-16-13(15)10-12(14-16)11-6-4-3-5-7-11/h8-11H,2-7H2,1H3. The van der Waals surface area contributed by atoms with Crippen molar-refractivity contribution in [1.82, 2.24) is 14.2 Å². The van der Waals surface area contributed by atoms with Crippen molar-refractivity contribution >= 4 is 5.65 Å². The highest BCUT2D eigenvalue weighted by Gasteiger charge is 2.19. The van der Waals surface area contributed by atoms with Gasteiger partial charge in [0.15, 0.2) is 0 Å². The molecule has 3 nitrogen and oxygen atoms in total. The van der Waals surface area contributed by atoms with Crippen LogP contribution in [0.25, 0.3) is 5.65 Å². The number of aromatic nitrogens is 3. The van der Waals surface area contributed by atoms with Crippen LogP contribution in [0, 0.1) is 0 Å². The summed E-state index contributed by atoms with van der Waals surface area (Å²) in [5, 5.41) is 4.70. The Labute approximate surface area is 96.1 Å². The maximum absolute atomic E-state index is 4.70. The predicted octanol–water partition coefficient (Wildman–Crippen LogP) is 3.20. The molecule has 0 saturated heterocycles. The molecular formula is C13H19N3. The molecule has 0 aromatic carbocycles. The van der Waals surface area contributed by atoms with Crippen LogP contribution in [-0.2, 0) is 6.54 Å². The first-order chi connectivity index (χ1) is 7.88. The van der Waals surface area contributed by atoms with Crippen LogP contribution < -0.4 is 0 Å². The van der Waals surface area contributed by atoms with Gasteiger partial charge in [-0.1, -0.05) is 19.3 Å². The molecule has 1 aliphatic carbocycles. The third kappa shape index (κ3) is 1.55. The van der Waals surface area contributed by atoms with Crippen molar-refractivity contribution in [2.45, 2.75) is 51.5 Å². The van der Waals surface area contributed by atoms with E-state index in [4.69, 9.17) is 5.10 Å². The van der Waals surface area contributed by atoms with E-state index in [-0.39, 0.29) is 0 Å². The average Bonchev–Trinajstić information content (AvgIpc) is 2.89. The van der Waals surface area contributed by atoms with Gasteiger partial charge in [-0.25, -0.2) is 4.52 Å². The molecule has 16 heavy (non-hydrogen) atoms. The molecule has 0 N–H and O–H groups in total. The van der Waals surface area contributed by atoms with Gasteiger partial charge in [-0.15, -0.1) is 0 Å². The van der Waals surface area contributed by atoms with Crippen molar-refractivity contribution in [2.75, 3.05) is 0 Å². The molecule has 0 spiro atoms. The van der Waals surface area contributed by atoms with Crippen LogP contribution in [0.2, 0.25) is 0 Å². The molecular weight excluding hydrogens is 198 g/mol.